The summed E-state index contributed by atoms with van der Waals surface area (Å²) in [7, 11) is 0. The lowest BCUT2D eigenvalue weighted by Crippen LogP contribution is -2.12. The summed E-state index contributed by atoms with van der Waals surface area (Å²) in [5.41, 5.74) is 5.77. The summed E-state index contributed by atoms with van der Waals surface area (Å²) in [6, 6.07) is 17.5. The Balaban J connectivity index is 1.66. The van der Waals surface area contributed by atoms with Gasteiger partial charge < -0.3 is 10.6 Å². The first-order valence-electron chi connectivity index (χ1n) is 8.19. The van der Waals surface area contributed by atoms with E-state index in [4.69, 9.17) is 0 Å². The predicted molar refractivity (Wildman–Crippen MR) is 103 cm³/mol. The van der Waals surface area contributed by atoms with E-state index in [-0.39, 0.29) is 5.91 Å². The Morgan fingerprint density at radius 3 is 2.20 bits per heavy atom. The average molecular weight is 331 g/mol. The van der Waals surface area contributed by atoms with Crippen molar-refractivity contribution in [2.75, 3.05) is 10.6 Å². The van der Waals surface area contributed by atoms with Crippen LogP contribution in [0.1, 0.15) is 27.0 Å². The third-order valence-corrected chi connectivity index (χ3v) is 4.11. The molecule has 1 heterocycles. The molecule has 0 spiro atoms. The van der Waals surface area contributed by atoms with E-state index in [0.29, 0.717) is 11.3 Å². The fourth-order valence-corrected chi connectivity index (χ4v) is 2.41. The Morgan fingerprint density at radius 2 is 1.56 bits per heavy atom. The smallest absolute Gasteiger partial charge is 0.255 e. The fourth-order valence-electron chi connectivity index (χ4n) is 2.41. The molecule has 3 rings (SSSR count). The van der Waals surface area contributed by atoms with Crippen LogP contribution in [0.15, 0.2) is 60.8 Å². The van der Waals surface area contributed by atoms with Crippen LogP contribution in [-0.2, 0) is 0 Å². The first-order chi connectivity index (χ1) is 12.0. The van der Waals surface area contributed by atoms with E-state index in [9.17, 15) is 4.79 Å². The van der Waals surface area contributed by atoms with Crippen LogP contribution in [0.5, 0.6) is 0 Å². The highest BCUT2D eigenvalue weighted by molar-refractivity contribution is 6.04. The lowest BCUT2D eigenvalue weighted by Gasteiger charge is -2.09. The second kappa shape index (κ2) is 7.18. The molecule has 0 fully saturated rings. The molecule has 0 saturated heterocycles. The van der Waals surface area contributed by atoms with Crippen LogP contribution in [-0.4, -0.2) is 10.9 Å². The molecule has 0 aliphatic rings. The van der Waals surface area contributed by atoms with Crippen molar-refractivity contribution in [1.82, 2.24) is 4.98 Å². The van der Waals surface area contributed by atoms with E-state index in [1.165, 1.54) is 11.1 Å². The fraction of sp³-hybridized carbons (Fsp3) is 0.143. The minimum Gasteiger partial charge on any atom is -0.340 e. The summed E-state index contributed by atoms with van der Waals surface area (Å²) in [6.07, 6.45) is 1.65. The van der Waals surface area contributed by atoms with Crippen LogP contribution in [0.25, 0.3) is 0 Å². The average Bonchev–Trinajstić information content (AvgIpc) is 2.61. The topological polar surface area (TPSA) is 54.0 Å². The number of rotatable bonds is 4. The van der Waals surface area contributed by atoms with Crippen LogP contribution < -0.4 is 10.6 Å². The van der Waals surface area contributed by atoms with Gasteiger partial charge in [0, 0.05) is 11.3 Å². The molecular formula is C21H21N3O. The Hall–Kier alpha value is -3.14. The highest BCUT2D eigenvalue weighted by atomic mass is 16.1. The zero-order valence-corrected chi connectivity index (χ0v) is 14.6. The maximum absolute atomic E-state index is 12.3. The highest BCUT2D eigenvalue weighted by Gasteiger charge is 2.07. The van der Waals surface area contributed by atoms with Gasteiger partial charge in [-0.15, -0.1) is 0 Å². The number of aryl methyl sites for hydroxylation is 3. The Bertz CT molecular complexity index is 884. The lowest BCUT2D eigenvalue weighted by molar-refractivity contribution is 0.102. The van der Waals surface area contributed by atoms with Crippen molar-refractivity contribution in [3.63, 3.8) is 0 Å². The number of carbonyl (C=O) groups excluding carboxylic acids is 1. The van der Waals surface area contributed by atoms with Gasteiger partial charge in [-0.3, -0.25) is 4.79 Å². The first kappa shape index (κ1) is 16.7. The van der Waals surface area contributed by atoms with Crippen molar-refractivity contribution in [3.8, 4) is 0 Å². The largest absolute Gasteiger partial charge is 0.340 e. The minimum absolute atomic E-state index is 0.135. The van der Waals surface area contributed by atoms with Gasteiger partial charge in [-0.1, -0.05) is 23.8 Å². The quantitative estimate of drug-likeness (QED) is 0.707. The third kappa shape index (κ3) is 4.23. The zero-order valence-electron chi connectivity index (χ0n) is 14.6. The molecule has 2 N–H and O–H groups in total. The van der Waals surface area contributed by atoms with Crippen molar-refractivity contribution in [1.29, 1.82) is 0 Å². The number of amides is 1. The summed E-state index contributed by atoms with van der Waals surface area (Å²) < 4.78 is 0. The number of hydrogen-bond donors (Lipinski definition) is 2. The summed E-state index contributed by atoms with van der Waals surface area (Å²) in [5, 5.41) is 6.11. The molecule has 4 heteroatoms. The summed E-state index contributed by atoms with van der Waals surface area (Å²) in [4.78, 5) is 16.7. The first-order valence-corrected chi connectivity index (χ1v) is 8.19. The number of carbonyl (C=O) groups is 1. The molecule has 0 aliphatic carbocycles. The number of benzene rings is 2. The van der Waals surface area contributed by atoms with Crippen molar-refractivity contribution in [3.05, 3.63) is 83.0 Å². The van der Waals surface area contributed by atoms with Gasteiger partial charge in [0.25, 0.3) is 5.91 Å². The van der Waals surface area contributed by atoms with Gasteiger partial charge in [-0.05, 0) is 68.3 Å². The van der Waals surface area contributed by atoms with E-state index in [1.807, 2.05) is 68.4 Å². The van der Waals surface area contributed by atoms with E-state index < -0.39 is 0 Å². The van der Waals surface area contributed by atoms with Crippen molar-refractivity contribution < 1.29 is 4.79 Å². The summed E-state index contributed by atoms with van der Waals surface area (Å²) >= 11 is 0. The van der Waals surface area contributed by atoms with Gasteiger partial charge in [0.1, 0.15) is 5.82 Å². The maximum Gasteiger partial charge on any atom is 0.255 e. The van der Waals surface area contributed by atoms with Crippen LogP contribution >= 0.6 is 0 Å². The molecule has 126 valence electrons. The van der Waals surface area contributed by atoms with Gasteiger partial charge in [-0.2, -0.15) is 0 Å². The highest BCUT2D eigenvalue weighted by Crippen LogP contribution is 2.17. The van der Waals surface area contributed by atoms with Gasteiger partial charge in [0.2, 0.25) is 0 Å². The minimum atomic E-state index is -0.135. The maximum atomic E-state index is 12.3. The van der Waals surface area contributed by atoms with Gasteiger partial charge in [0.05, 0.1) is 11.9 Å². The molecule has 0 unspecified atom stereocenters. The van der Waals surface area contributed by atoms with E-state index in [2.05, 4.69) is 22.5 Å². The molecule has 4 nitrogen and oxygen atoms in total. The van der Waals surface area contributed by atoms with E-state index in [0.717, 1.165) is 17.1 Å². The Labute approximate surface area is 147 Å². The predicted octanol–water partition coefficient (Wildman–Crippen LogP) is 5.00. The molecule has 25 heavy (non-hydrogen) atoms. The van der Waals surface area contributed by atoms with Gasteiger partial charge in [-0.25, -0.2) is 4.98 Å². The van der Waals surface area contributed by atoms with Crippen LogP contribution in [0.2, 0.25) is 0 Å². The van der Waals surface area contributed by atoms with Crippen LogP contribution in [0, 0.1) is 20.8 Å². The molecule has 0 bridgehead atoms. The Kier molecular flexibility index (Phi) is 4.80. The SMILES string of the molecule is Cc1ccc(Nc2ccc(NC(=O)c3ccc(C)c(C)c3)cn2)cc1. The van der Waals surface area contributed by atoms with Crippen molar-refractivity contribution >= 4 is 23.1 Å². The van der Waals surface area contributed by atoms with Crippen LogP contribution in [0.4, 0.5) is 17.2 Å². The second-order valence-electron chi connectivity index (χ2n) is 6.18. The summed E-state index contributed by atoms with van der Waals surface area (Å²) in [5.74, 6) is 0.595. The molecule has 1 aromatic heterocycles. The van der Waals surface area contributed by atoms with Gasteiger partial charge in [0.15, 0.2) is 0 Å². The monoisotopic (exact) mass is 331 g/mol. The number of nitrogens with one attached hydrogen (secondary N) is 2. The number of pyridine rings is 1. The molecule has 1 amide bonds. The zero-order chi connectivity index (χ0) is 17.8. The normalized spacial score (nSPS) is 10.4. The number of nitrogens with zero attached hydrogens (tertiary/aromatic N) is 1. The van der Waals surface area contributed by atoms with Crippen LogP contribution in [0.3, 0.4) is 0 Å². The van der Waals surface area contributed by atoms with Crippen molar-refractivity contribution in [2.24, 2.45) is 0 Å². The summed E-state index contributed by atoms with van der Waals surface area (Å²) in [6.45, 7) is 6.08. The molecular weight excluding hydrogens is 310 g/mol. The van der Waals surface area contributed by atoms with E-state index in [1.54, 1.807) is 6.20 Å². The molecule has 3 aromatic rings. The number of anilines is 3. The van der Waals surface area contributed by atoms with E-state index >= 15 is 0 Å². The Morgan fingerprint density at radius 1 is 0.840 bits per heavy atom. The molecule has 0 saturated carbocycles. The second-order valence-corrected chi connectivity index (χ2v) is 6.18. The molecule has 0 atom stereocenters. The third-order valence-electron chi connectivity index (χ3n) is 4.11. The molecule has 2 aromatic carbocycles. The number of aromatic nitrogens is 1. The molecule has 0 radical (unpaired) electrons. The lowest BCUT2D eigenvalue weighted by atomic mass is 10.1. The standard InChI is InChI=1S/C21H21N3O/c1-14-4-8-18(9-5-14)23-20-11-10-19(13-22-20)24-21(25)17-7-6-15(2)16(3)12-17/h4-13H,1-3H3,(H,22,23)(H,24,25). The molecule has 0 aliphatic heterocycles. The number of hydrogen-bond acceptors (Lipinski definition) is 3. The van der Waals surface area contributed by atoms with Gasteiger partial charge >= 0.3 is 0 Å². The van der Waals surface area contributed by atoms with Crippen molar-refractivity contribution in [2.45, 2.75) is 20.8 Å².